The summed E-state index contributed by atoms with van der Waals surface area (Å²) in [7, 11) is 1.68. The van der Waals surface area contributed by atoms with Gasteiger partial charge in [-0.2, -0.15) is 0 Å². The lowest BCUT2D eigenvalue weighted by Gasteiger charge is -2.17. The Kier molecular flexibility index (Phi) is 3.53. The first-order valence-corrected chi connectivity index (χ1v) is 9.42. The molecule has 6 heteroatoms. The van der Waals surface area contributed by atoms with Gasteiger partial charge in [0.2, 0.25) is 6.79 Å². The lowest BCUT2D eigenvalue weighted by molar-refractivity contribution is 0.174. The zero-order chi connectivity index (χ0) is 17.6. The number of fused-ring (bicyclic) bond motifs is 1. The van der Waals surface area contributed by atoms with Crippen molar-refractivity contribution >= 4 is 16.5 Å². The van der Waals surface area contributed by atoms with Crippen LogP contribution in [0.3, 0.4) is 0 Å². The molecule has 0 unspecified atom stereocenters. The number of methoxy groups -OCH3 is 1. The number of aromatic nitrogens is 1. The van der Waals surface area contributed by atoms with Crippen molar-refractivity contribution in [2.24, 2.45) is 0 Å². The first kappa shape index (κ1) is 15.5. The van der Waals surface area contributed by atoms with Crippen LogP contribution in [0.4, 0.5) is 5.13 Å². The molecule has 1 saturated carbocycles. The predicted octanol–water partition coefficient (Wildman–Crippen LogP) is 4.65. The molecule has 1 N–H and O–H groups in total. The number of rotatable bonds is 5. The molecule has 0 spiro atoms. The van der Waals surface area contributed by atoms with Crippen LogP contribution in [0.5, 0.6) is 17.2 Å². The minimum atomic E-state index is -0.0511. The van der Waals surface area contributed by atoms with Crippen LogP contribution in [0.2, 0.25) is 0 Å². The van der Waals surface area contributed by atoms with Gasteiger partial charge in [0.05, 0.1) is 18.3 Å². The molecule has 132 valence electrons. The fourth-order valence-corrected chi connectivity index (χ4v) is 4.07. The van der Waals surface area contributed by atoms with E-state index in [1.807, 2.05) is 30.3 Å². The maximum atomic E-state index is 5.52. The number of benzene rings is 2. The summed E-state index contributed by atoms with van der Waals surface area (Å²) < 4.78 is 16.2. The summed E-state index contributed by atoms with van der Waals surface area (Å²) in [5.74, 6) is 2.48. The van der Waals surface area contributed by atoms with Gasteiger partial charge >= 0.3 is 0 Å². The van der Waals surface area contributed by atoms with Crippen molar-refractivity contribution in [1.82, 2.24) is 4.98 Å². The predicted molar refractivity (Wildman–Crippen MR) is 101 cm³/mol. The molecule has 2 aromatic carbocycles. The summed E-state index contributed by atoms with van der Waals surface area (Å²) in [6.07, 6.45) is 2.17. The number of nitrogens with zero attached hydrogens (tertiary/aromatic N) is 1. The minimum absolute atomic E-state index is 0.0511. The van der Waals surface area contributed by atoms with Crippen molar-refractivity contribution in [3.63, 3.8) is 0 Å². The van der Waals surface area contributed by atoms with Crippen molar-refractivity contribution in [3.05, 3.63) is 53.4 Å². The third kappa shape index (κ3) is 2.66. The van der Waals surface area contributed by atoms with E-state index < -0.39 is 0 Å². The van der Waals surface area contributed by atoms with Crippen LogP contribution in [0, 0.1) is 0 Å². The van der Waals surface area contributed by atoms with Crippen LogP contribution in [0.25, 0.3) is 11.3 Å². The normalized spacial score (nSPS) is 16.3. The smallest absolute Gasteiger partial charge is 0.231 e. The Morgan fingerprint density at radius 2 is 2.00 bits per heavy atom. The van der Waals surface area contributed by atoms with Gasteiger partial charge in [0, 0.05) is 10.9 Å². The molecule has 0 radical (unpaired) electrons. The summed E-state index contributed by atoms with van der Waals surface area (Å²) >= 11 is 1.63. The molecule has 2 aliphatic rings. The van der Waals surface area contributed by atoms with E-state index in [1.165, 1.54) is 5.56 Å². The topological polar surface area (TPSA) is 52.6 Å². The van der Waals surface area contributed by atoms with Gasteiger partial charge in [-0.15, -0.1) is 11.3 Å². The number of thiazole rings is 1. The highest BCUT2D eigenvalue weighted by molar-refractivity contribution is 7.14. The van der Waals surface area contributed by atoms with Crippen LogP contribution < -0.4 is 19.5 Å². The lowest BCUT2D eigenvalue weighted by atomic mass is 10.0. The van der Waals surface area contributed by atoms with Crippen molar-refractivity contribution in [2.75, 3.05) is 19.2 Å². The summed E-state index contributed by atoms with van der Waals surface area (Å²) in [5, 5.41) is 6.64. The largest absolute Gasteiger partial charge is 0.497 e. The molecule has 0 saturated heterocycles. The molecular weight excluding hydrogens is 348 g/mol. The van der Waals surface area contributed by atoms with Crippen LogP contribution in [-0.4, -0.2) is 18.9 Å². The van der Waals surface area contributed by atoms with Gasteiger partial charge in [0.1, 0.15) is 5.75 Å². The van der Waals surface area contributed by atoms with Gasteiger partial charge in [-0.05, 0) is 42.7 Å². The number of hydrogen-bond acceptors (Lipinski definition) is 6. The molecule has 0 amide bonds. The molecule has 1 aromatic heterocycles. The van der Waals surface area contributed by atoms with Gasteiger partial charge in [-0.3, -0.25) is 0 Å². The van der Waals surface area contributed by atoms with Crippen molar-refractivity contribution < 1.29 is 14.2 Å². The van der Waals surface area contributed by atoms with Gasteiger partial charge < -0.3 is 19.5 Å². The lowest BCUT2D eigenvalue weighted by Crippen LogP contribution is -2.18. The number of nitrogens with one attached hydrogen (secondary N) is 1. The molecule has 5 nitrogen and oxygen atoms in total. The Morgan fingerprint density at radius 1 is 1.12 bits per heavy atom. The Labute approximate surface area is 155 Å². The monoisotopic (exact) mass is 366 g/mol. The fraction of sp³-hybridized carbons (Fsp3) is 0.250. The van der Waals surface area contributed by atoms with Gasteiger partial charge in [-0.1, -0.05) is 18.2 Å². The SMILES string of the molecule is COc1cccc(-c2csc(NC3(c4ccc5c(c4)OCO5)CC3)n2)c1. The van der Waals surface area contributed by atoms with Crippen LogP contribution in [0.15, 0.2) is 47.8 Å². The van der Waals surface area contributed by atoms with Crippen molar-refractivity contribution in [2.45, 2.75) is 18.4 Å². The molecule has 0 atom stereocenters. The van der Waals surface area contributed by atoms with E-state index in [4.69, 9.17) is 19.2 Å². The standard InChI is InChI=1S/C20H18N2O3S/c1-23-15-4-2-3-13(9-15)16-11-26-19(21-16)22-20(7-8-20)14-5-6-17-18(10-14)25-12-24-17/h2-6,9-11H,7-8,12H2,1H3,(H,21,22). The van der Waals surface area contributed by atoms with E-state index >= 15 is 0 Å². The fourth-order valence-electron chi connectivity index (χ4n) is 3.26. The van der Waals surface area contributed by atoms with E-state index in [-0.39, 0.29) is 5.54 Å². The number of anilines is 1. The second-order valence-corrected chi connectivity index (χ2v) is 7.40. The van der Waals surface area contributed by atoms with Gasteiger partial charge in [0.15, 0.2) is 16.6 Å². The van der Waals surface area contributed by atoms with E-state index in [2.05, 4.69) is 22.8 Å². The first-order valence-electron chi connectivity index (χ1n) is 8.54. The second kappa shape index (κ2) is 5.92. The Balaban J connectivity index is 1.39. The molecular formula is C20H18N2O3S. The molecule has 5 rings (SSSR count). The van der Waals surface area contributed by atoms with E-state index in [9.17, 15) is 0 Å². The zero-order valence-corrected chi connectivity index (χ0v) is 15.1. The number of hydrogen-bond donors (Lipinski definition) is 1. The van der Waals surface area contributed by atoms with Crippen LogP contribution in [-0.2, 0) is 5.54 Å². The van der Waals surface area contributed by atoms with E-state index in [0.717, 1.165) is 46.5 Å². The molecule has 0 bridgehead atoms. The second-order valence-electron chi connectivity index (χ2n) is 6.55. The molecule has 2 heterocycles. The summed E-state index contributed by atoms with van der Waals surface area (Å²) in [5.41, 5.74) is 3.18. The molecule has 1 fully saturated rings. The van der Waals surface area contributed by atoms with Gasteiger partial charge in [0.25, 0.3) is 0 Å². The summed E-state index contributed by atoms with van der Waals surface area (Å²) in [6, 6.07) is 14.2. The Bertz CT molecular complexity index is 965. The van der Waals surface area contributed by atoms with Crippen LogP contribution >= 0.6 is 11.3 Å². The molecule has 26 heavy (non-hydrogen) atoms. The zero-order valence-electron chi connectivity index (χ0n) is 14.3. The average molecular weight is 366 g/mol. The maximum absolute atomic E-state index is 5.52. The first-order chi connectivity index (χ1) is 12.8. The summed E-state index contributed by atoms with van der Waals surface area (Å²) in [6.45, 7) is 0.301. The van der Waals surface area contributed by atoms with Gasteiger partial charge in [-0.25, -0.2) is 4.98 Å². The Morgan fingerprint density at radius 3 is 2.85 bits per heavy atom. The minimum Gasteiger partial charge on any atom is -0.497 e. The highest BCUT2D eigenvalue weighted by Crippen LogP contribution is 2.50. The van der Waals surface area contributed by atoms with Crippen LogP contribution in [0.1, 0.15) is 18.4 Å². The highest BCUT2D eigenvalue weighted by Gasteiger charge is 2.45. The van der Waals surface area contributed by atoms with E-state index in [1.54, 1.807) is 18.4 Å². The van der Waals surface area contributed by atoms with Crippen molar-refractivity contribution in [1.29, 1.82) is 0 Å². The Hall–Kier alpha value is -2.73. The maximum Gasteiger partial charge on any atom is 0.231 e. The van der Waals surface area contributed by atoms with Crippen molar-refractivity contribution in [3.8, 4) is 28.5 Å². The summed E-state index contributed by atoms with van der Waals surface area (Å²) in [4.78, 5) is 4.77. The van der Waals surface area contributed by atoms with E-state index in [0.29, 0.717) is 6.79 Å². The molecule has 1 aliphatic carbocycles. The highest BCUT2D eigenvalue weighted by atomic mass is 32.1. The quantitative estimate of drug-likeness (QED) is 0.712. The third-order valence-corrected chi connectivity index (χ3v) is 5.65. The molecule has 3 aromatic rings. The third-order valence-electron chi connectivity index (χ3n) is 4.89. The number of ether oxygens (including phenoxy) is 3. The molecule has 1 aliphatic heterocycles. The average Bonchev–Trinajstić information content (AvgIpc) is 3.08.